The molecule has 0 aromatic heterocycles. The molecule has 5 heteroatoms. The summed E-state index contributed by atoms with van der Waals surface area (Å²) in [6.07, 6.45) is -0.621. The Morgan fingerprint density at radius 3 is 2.82 bits per heavy atom. The molecule has 3 N–H and O–H groups in total. The Hall–Kier alpha value is -1.26. The minimum Gasteiger partial charge on any atom is -0.465 e. The fourth-order valence-electron chi connectivity index (χ4n) is 1.14. The summed E-state index contributed by atoms with van der Waals surface area (Å²) in [5.74, 6) is -0.236. The van der Waals surface area contributed by atoms with E-state index in [9.17, 15) is 9.59 Å². The van der Waals surface area contributed by atoms with Gasteiger partial charge >= 0.3 is 6.09 Å². The van der Waals surface area contributed by atoms with Gasteiger partial charge in [0, 0.05) is 6.04 Å². The van der Waals surface area contributed by atoms with E-state index in [1.165, 1.54) is 0 Å². The van der Waals surface area contributed by atoms with Gasteiger partial charge in [0.1, 0.15) is 6.04 Å². The van der Waals surface area contributed by atoms with Crippen LogP contribution in [0, 0.1) is 0 Å². The van der Waals surface area contributed by atoms with Crippen molar-refractivity contribution in [3.63, 3.8) is 0 Å². The van der Waals surface area contributed by atoms with Gasteiger partial charge in [0.2, 0.25) is 5.91 Å². The van der Waals surface area contributed by atoms with E-state index in [4.69, 9.17) is 5.11 Å². The van der Waals surface area contributed by atoms with E-state index in [0.29, 0.717) is 6.42 Å². The van der Waals surface area contributed by atoms with Crippen LogP contribution < -0.4 is 10.6 Å². The van der Waals surface area contributed by atoms with Crippen molar-refractivity contribution in [3.8, 4) is 0 Å². The summed E-state index contributed by atoms with van der Waals surface area (Å²) in [4.78, 5) is 21.0. The molecule has 5 nitrogen and oxygen atoms in total. The minimum absolute atomic E-state index is 0.0688. The molecule has 11 heavy (non-hydrogen) atoms. The fraction of sp³-hybridized carbons (Fsp3) is 0.667. The Morgan fingerprint density at radius 1 is 1.82 bits per heavy atom. The van der Waals surface area contributed by atoms with E-state index in [1.807, 2.05) is 6.92 Å². The molecule has 1 fully saturated rings. The van der Waals surface area contributed by atoms with Crippen molar-refractivity contribution in [2.75, 3.05) is 0 Å². The fourth-order valence-corrected chi connectivity index (χ4v) is 1.14. The molecule has 0 bridgehead atoms. The van der Waals surface area contributed by atoms with Crippen molar-refractivity contribution in [1.82, 2.24) is 10.6 Å². The van der Waals surface area contributed by atoms with Crippen molar-refractivity contribution in [1.29, 1.82) is 0 Å². The lowest BCUT2D eigenvalue weighted by atomic mass is 10.2. The highest BCUT2D eigenvalue weighted by Gasteiger charge is 2.30. The van der Waals surface area contributed by atoms with Gasteiger partial charge in [-0.2, -0.15) is 0 Å². The first-order valence-corrected chi connectivity index (χ1v) is 3.39. The Kier molecular flexibility index (Phi) is 1.98. The lowest BCUT2D eigenvalue weighted by Crippen LogP contribution is -2.39. The summed E-state index contributed by atoms with van der Waals surface area (Å²) >= 11 is 0. The molecule has 1 aliphatic heterocycles. The van der Waals surface area contributed by atoms with E-state index in [2.05, 4.69) is 10.6 Å². The van der Waals surface area contributed by atoms with Crippen LogP contribution in [0.2, 0.25) is 0 Å². The van der Waals surface area contributed by atoms with Crippen molar-refractivity contribution in [2.24, 2.45) is 0 Å². The zero-order valence-corrected chi connectivity index (χ0v) is 6.13. The summed E-state index contributed by atoms with van der Waals surface area (Å²) in [7, 11) is 0. The molecule has 0 radical (unpaired) electrons. The van der Waals surface area contributed by atoms with Crippen LogP contribution >= 0.6 is 0 Å². The van der Waals surface area contributed by atoms with Crippen LogP contribution in [-0.2, 0) is 4.79 Å². The van der Waals surface area contributed by atoms with E-state index >= 15 is 0 Å². The van der Waals surface area contributed by atoms with Gasteiger partial charge < -0.3 is 15.7 Å². The number of nitrogens with one attached hydrogen (secondary N) is 2. The first-order chi connectivity index (χ1) is 5.09. The summed E-state index contributed by atoms with van der Waals surface area (Å²) < 4.78 is 0. The highest BCUT2D eigenvalue weighted by atomic mass is 16.4. The molecule has 1 rings (SSSR count). The van der Waals surface area contributed by atoms with Gasteiger partial charge in [-0.1, -0.05) is 0 Å². The minimum atomic E-state index is -1.15. The van der Waals surface area contributed by atoms with Gasteiger partial charge in [0.15, 0.2) is 0 Å². The zero-order valence-electron chi connectivity index (χ0n) is 6.13. The van der Waals surface area contributed by atoms with E-state index in [0.717, 1.165) is 0 Å². The lowest BCUT2D eigenvalue weighted by molar-refractivity contribution is -0.120. The first-order valence-electron chi connectivity index (χ1n) is 3.39. The molecule has 0 spiro atoms. The summed E-state index contributed by atoms with van der Waals surface area (Å²) in [6.45, 7) is 1.83. The number of carbonyl (C=O) groups excluding carboxylic acids is 1. The van der Waals surface area contributed by atoms with Crippen LogP contribution in [-0.4, -0.2) is 29.2 Å². The van der Waals surface area contributed by atoms with E-state index in [-0.39, 0.29) is 11.9 Å². The summed E-state index contributed by atoms with van der Waals surface area (Å²) in [6, 6.07) is -0.498. The molecule has 0 aromatic rings. The maximum atomic E-state index is 10.9. The predicted octanol–water partition coefficient (Wildman–Crippen LogP) is -0.469. The number of rotatable bonds is 1. The smallest absolute Gasteiger partial charge is 0.405 e. The third-order valence-electron chi connectivity index (χ3n) is 1.59. The van der Waals surface area contributed by atoms with Gasteiger partial charge in [0.25, 0.3) is 0 Å². The van der Waals surface area contributed by atoms with Crippen LogP contribution in [0.4, 0.5) is 4.79 Å². The quantitative estimate of drug-likeness (QED) is 0.482. The van der Waals surface area contributed by atoms with Gasteiger partial charge in [0.05, 0.1) is 0 Å². The number of carboxylic acid groups (broad SMARTS) is 1. The Labute approximate surface area is 63.8 Å². The summed E-state index contributed by atoms with van der Waals surface area (Å²) in [5.41, 5.74) is 0. The molecular weight excluding hydrogens is 148 g/mol. The third-order valence-corrected chi connectivity index (χ3v) is 1.59. The Morgan fingerprint density at radius 2 is 2.45 bits per heavy atom. The first kappa shape index (κ1) is 7.84. The number of amides is 2. The molecule has 0 unspecified atom stereocenters. The van der Waals surface area contributed by atoms with Crippen LogP contribution in [0.1, 0.15) is 13.3 Å². The lowest BCUT2D eigenvalue weighted by Gasteiger charge is -2.04. The molecular formula is C6H10N2O3. The van der Waals surface area contributed by atoms with E-state index < -0.39 is 12.1 Å². The van der Waals surface area contributed by atoms with Crippen LogP contribution in [0.3, 0.4) is 0 Å². The largest absolute Gasteiger partial charge is 0.465 e. The number of carbonyl (C=O) groups is 2. The monoisotopic (exact) mass is 158 g/mol. The second-order valence-corrected chi connectivity index (χ2v) is 2.65. The van der Waals surface area contributed by atoms with Crippen LogP contribution in [0.25, 0.3) is 0 Å². The molecule has 2 atom stereocenters. The Balaban J connectivity index is 2.47. The third kappa shape index (κ3) is 1.83. The van der Waals surface area contributed by atoms with Gasteiger partial charge in [-0.25, -0.2) is 4.79 Å². The molecule has 2 amide bonds. The number of hydrogen-bond acceptors (Lipinski definition) is 2. The normalized spacial score (nSPS) is 29.7. The second kappa shape index (κ2) is 2.77. The topological polar surface area (TPSA) is 78.4 Å². The molecule has 0 saturated carbocycles. The molecule has 1 aliphatic rings. The maximum Gasteiger partial charge on any atom is 0.405 e. The summed E-state index contributed by atoms with van der Waals surface area (Å²) in [5, 5.41) is 13.0. The average Bonchev–Trinajstić information content (AvgIpc) is 2.09. The highest BCUT2D eigenvalue weighted by molar-refractivity contribution is 5.87. The van der Waals surface area contributed by atoms with Gasteiger partial charge in [-0.3, -0.25) is 4.79 Å². The van der Waals surface area contributed by atoms with Gasteiger partial charge in [-0.05, 0) is 13.3 Å². The van der Waals surface area contributed by atoms with Crippen molar-refractivity contribution < 1.29 is 14.7 Å². The van der Waals surface area contributed by atoms with Gasteiger partial charge in [-0.15, -0.1) is 0 Å². The maximum absolute atomic E-state index is 10.9. The Bertz CT molecular complexity index is 192. The molecule has 1 heterocycles. The zero-order chi connectivity index (χ0) is 8.43. The van der Waals surface area contributed by atoms with Crippen molar-refractivity contribution in [3.05, 3.63) is 0 Å². The SMILES string of the molecule is C[C@@H]1C[C@H](NC(=O)O)C(=O)N1. The number of hydrogen-bond donors (Lipinski definition) is 3. The van der Waals surface area contributed by atoms with Crippen LogP contribution in [0.5, 0.6) is 0 Å². The van der Waals surface area contributed by atoms with Crippen LogP contribution in [0.15, 0.2) is 0 Å². The highest BCUT2D eigenvalue weighted by Crippen LogP contribution is 2.06. The molecule has 0 aromatic carbocycles. The molecule has 0 aliphatic carbocycles. The predicted molar refractivity (Wildman–Crippen MR) is 37.2 cm³/mol. The van der Waals surface area contributed by atoms with E-state index in [1.54, 1.807) is 0 Å². The average molecular weight is 158 g/mol. The van der Waals surface area contributed by atoms with Crippen molar-refractivity contribution >= 4 is 12.0 Å². The molecule has 62 valence electrons. The molecule has 1 saturated heterocycles. The van der Waals surface area contributed by atoms with Crippen molar-refractivity contribution in [2.45, 2.75) is 25.4 Å². The second-order valence-electron chi connectivity index (χ2n) is 2.65. The standard InChI is InChI=1S/C6H10N2O3/c1-3-2-4(5(9)7-3)8-6(10)11/h3-4,8H,2H2,1H3,(H,7,9)(H,10,11)/t3-,4+/m1/s1.